The molecular weight excluding hydrogens is 356 g/mol. The number of aryl methyl sites for hydroxylation is 3. The van der Waals surface area contributed by atoms with Crippen LogP contribution in [0.15, 0.2) is 35.4 Å². The molecule has 0 aliphatic heterocycles. The third kappa shape index (κ3) is 3.90. The quantitative estimate of drug-likeness (QED) is 0.751. The summed E-state index contributed by atoms with van der Waals surface area (Å²) in [6.07, 6.45) is 1.45. The molecule has 8 heteroatoms. The molecule has 3 aromatic rings. The Morgan fingerprint density at radius 3 is 2.54 bits per heavy atom. The number of nitrogens with zero attached hydrogens (tertiary/aromatic N) is 5. The SMILES string of the molecule is Cc1ccc(C)c(-n2cnc(=O)n2CC(=O)Nc2cc(C)nn2C(C)(C)C)c1. The number of rotatable bonds is 4. The molecule has 1 N–H and O–H groups in total. The Hall–Kier alpha value is -3.16. The van der Waals surface area contributed by atoms with Crippen molar-refractivity contribution in [1.82, 2.24) is 24.1 Å². The zero-order valence-electron chi connectivity index (χ0n) is 17.1. The Labute approximate surface area is 163 Å². The van der Waals surface area contributed by atoms with Crippen molar-refractivity contribution < 1.29 is 4.79 Å². The molecular formula is C20H26N6O2. The van der Waals surface area contributed by atoms with Crippen molar-refractivity contribution >= 4 is 11.7 Å². The number of hydrogen-bond donors (Lipinski definition) is 1. The third-order valence-corrected chi connectivity index (χ3v) is 4.40. The first-order valence-corrected chi connectivity index (χ1v) is 9.15. The van der Waals surface area contributed by atoms with Crippen molar-refractivity contribution in [2.75, 3.05) is 5.32 Å². The van der Waals surface area contributed by atoms with E-state index in [0.717, 1.165) is 22.5 Å². The third-order valence-electron chi connectivity index (χ3n) is 4.40. The summed E-state index contributed by atoms with van der Waals surface area (Å²) in [5.74, 6) is 0.278. The zero-order chi connectivity index (χ0) is 20.6. The van der Waals surface area contributed by atoms with Crippen LogP contribution in [0.25, 0.3) is 5.69 Å². The summed E-state index contributed by atoms with van der Waals surface area (Å²) < 4.78 is 4.71. The van der Waals surface area contributed by atoms with E-state index in [1.807, 2.05) is 65.8 Å². The van der Waals surface area contributed by atoms with Crippen molar-refractivity contribution in [2.45, 2.75) is 53.6 Å². The fraction of sp³-hybridized carbons (Fsp3) is 0.400. The maximum atomic E-state index is 12.7. The second-order valence-electron chi connectivity index (χ2n) is 8.02. The van der Waals surface area contributed by atoms with Crippen molar-refractivity contribution in [3.63, 3.8) is 0 Å². The van der Waals surface area contributed by atoms with Gasteiger partial charge in [-0.1, -0.05) is 12.1 Å². The molecule has 3 rings (SSSR count). The maximum Gasteiger partial charge on any atom is 0.364 e. The van der Waals surface area contributed by atoms with Crippen molar-refractivity contribution in [3.05, 3.63) is 57.9 Å². The molecule has 0 saturated heterocycles. The molecule has 1 amide bonds. The van der Waals surface area contributed by atoms with Gasteiger partial charge in [0, 0.05) is 6.07 Å². The number of carbonyl (C=O) groups is 1. The van der Waals surface area contributed by atoms with E-state index < -0.39 is 5.69 Å². The zero-order valence-corrected chi connectivity index (χ0v) is 17.1. The van der Waals surface area contributed by atoms with Crippen LogP contribution in [0.4, 0.5) is 5.82 Å². The molecule has 0 unspecified atom stereocenters. The normalized spacial score (nSPS) is 11.6. The highest BCUT2D eigenvalue weighted by molar-refractivity contribution is 5.89. The van der Waals surface area contributed by atoms with Crippen LogP contribution in [-0.2, 0) is 16.9 Å². The van der Waals surface area contributed by atoms with Gasteiger partial charge in [0.1, 0.15) is 18.7 Å². The van der Waals surface area contributed by atoms with E-state index in [1.54, 1.807) is 9.36 Å². The van der Waals surface area contributed by atoms with E-state index in [2.05, 4.69) is 15.4 Å². The van der Waals surface area contributed by atoms with Crippen LogP contribution >= 0.6 is 0 Å². The van der Waals surface area contributed by atoms with Gasteiger partial charge in [-0.2, -0.15) is 10.1 Å². The van der Waals surface area contributed by atoms with Crippen LogP contribution in [0.1, 0.15) is 37.6 Å². The maximum absolute atomic E-state index is 12.7. The summed E-state index contributed by atoms with van der Waals surface area (Å²) >= 11 is 0. The van der Waals surface area contributed by atoms with E-state index in [1.165, 1.54) is 11.0 Å². The molecule has 8 nitrogen and oxygen atoms in total. The van der Waals surface area contributed by atoms with Gasteiger partial charge in [-0.3, -0.25) is 4.79 Å². The van der Waals surface area contributed by atoms with E-state index in [-0.39, 0.29) is 18.0 Å². The van der Waals surface area contributed by atoms with Gasteiger partial charge in [0.15, 0.2) is 0 Å². The van der Waals surface area contributed by atoms with Gasteiger partial charge in [-0.15, -0.1) is 0 Å². The van der Waals surface area contributed by atoms with E-state index in [0.29, 0.717) is 5.82 Å². The number of nitrogens with one attached hydrogen (secondary N) is 1. The van der Waals surface area contributed by atoms with Gasteiger partial charge in [0.25, 0.3) is 0 Å². The minimum absolute atomic E-state index is 0.152. The minimum atomic E-state index is -0.475. The Morgan fingerprint density at radius 1 is 1.14 bits per heavy atom. The van der Waals surface area contributed by atoms with Gasteiger partial charge in [0.2, 0.25) is 5.91 Å². The van der Waals surface area contributed by atoms with Gasteiger partial charge >= 0.3 is 5.69 Å². The molecule has 0 saturated carbocycles. The van der Waals surface area contributed by atoms with Crippen LogP contribution in [-0.4, -0.2) is 30.0 Å². The first kappa shape index (κ1) is 19.6. The number of benzene rings is 1. The Balaban J connectivity index is 1.90. The summed E-state index contributed by atoms with van der Waals surface area (Å²) in [6, 6.07) is 7.75. The van der Waals surface area contributed by atoms with Crippen LogP contribution in [0.5, 0.6) is 0 Å². The standard InChI is InChI=1S/C20H26N6O2/c1-13-7-8-14(2)16(9-13)25-12-21-19(28)24(25)11-18(27)22-17-10-15(3)23-26(17)20(4,5)6/h7-10,12H,11H2,1-6H3,(H,22,27). The lowest BCUT2D eigenvalue weighted by molar-refractivity contribution is -0.117. The number of hydrogen-bond acceptors (Lipinski definition) is 4. The number of aromatic nitrogens is 5. The Morgan fingerprint density at radius 2 is 1.86 bits per heavy atom. The van der Waals surface area contributed by atoms with Crippen LogP contribution in [0.2, 0.25) is 0 Å². The van der Waals surface area contributed by atoms with E-state index in [4.69, 9.17) is 0 Å². The highest BCUT2D eigenvalue weighted by Gasteiger charge is 2.21. The van der Waals surface area contributed by atoms with E-state index in [9.17, 15) is 9.59 Å². The molecule has 2 heterocycles. The predicted octanol–water partition coefficient (Wildman–Crippen LogP) is 2.55. The van der Waals surface area contributed by atoms with Gasteiger partial charge in [0.05, 0.1) is 16.9 Å². The molecule has 0 bridgehead atoms. The number of carbonyl (C=O) groups excluding carboxylic acids is 1. The average molecular weight is 382 g/mol. The second kappa shape index (κ2) is 7.10. The molecule has 0 aliphatic carbocycles. The lowest BCUT2D eigenvalue weighted by Crippen LogP contribution is -2.32. The lowest BCUT2D eigenvalue weighted by atomic mass is 10.1. The monoisotopic (exact) mass is 382 g/mol. The molecule has 28 heavy (non-hydrogen) atoms. The minimum Gasteiger partial charge on any atom is -0.309 e. The lowest BCUT2D eigenvalue weighted by Gasteiger charge is -2.22. The number of anilines is 1. The first-order valence-electron chi connectivity index (χ1n) is 9.15. The smallest absolute Gasteiger partial charge is 0.309 e. The van der Waals surface area contributed by atoms with Crippen molar-refractivity contribution in [3.8, 4) is 5.69 Å². The van der Waals surface area contributed by atoms with E-state index >= 15 is 0 Å². The molecule has 0 aliphatic rings. The molecule has 0 spiro atoms. The predicted molar refractivity (Wildman–Crippen MR) is 108 cm³/mol. The highest BCUT2D eigenvalue weighted by atomic mass is 16.2. The fourth-order valence-electron chi connectivity index (χ4n) is 3.05. The van der Waals surface area contributed by atoms with Gasteiger partial charge < -0.3 is 5.32 Å². The number of amides is 1. The molecule has 1 aromatic carbocycles. The van der Waals surface area contributed by atoms with Crippen molar-refractivity contribution in [1.29, 1.82) is 0 Å². The Kier molecular flexibility index (Phi) is 4.97. The largest absolute Gasteiger partial charge is 0.364 e. The van der Waals surface area contributed by atoms with Crippen molar-refractivity contribution in [2.24, 2.45) is 0 Å². The summed E-state index contributed by atoms with van der Waals surface area (Å²) in [4.78, 5) is 28.8. The molecule has 148 valence electrons. The second-order valence-corrected chi connectivity index (χ2v) is 8.02. The first-order chi connectivity index (χ1) is 13.1. The summed E-state index contributed by atoms with van der Waals surface area (Å²) in [5.41, 5.74) is 2.91. The summed E-state index contributed by atoms with van der Waals surface area (Å²) in [6.45, 7) is 11.7. The topological polar surface area (TPSA) is 86.7 Å². The molecule has 0 radical (unpaired) electrons. The molecule has 2 aromatic heterocycles. The average Bonchev–Trinajstić information content (AvgIpc) is 3.13. The Bertz CT molecular complexity index is 1080. The van der Waals surface area contributed by atoms with Crippen LogP contribution < -0.4 is 11.0 Å². The van der Waals surface area contributed by atoms with Crippen LogP contribution in [0, 0.1) is 20.8 Å². The fourth-order valence-corrected chi connectivity index (χ4v) is 3.05. The highest BCUT2D eigenvalue weighted by Crippen LogP contribution is 2.21. The molecule has 0 atom stereocenters. The van der Waals surface area contributed by atoms with Gasteiger partial charge in [-0.05, 0) is 58.7 Å². The molecule has 0 fully saturated rings. The summed E-state index contributed by atoms with van der Waals surface area (Å²) in [7, 11) is 0. The van der Waals surface area contributed by atoms with Crippen LogP contribution in [0.3, 0.4) is 0 Å². The summed E-state index contributed by atoms with van der Waals surface area (Å²) in [5, 5.41) is 7.32. The van der Waals surface area contributed by atoms with Gasteiger partial charge in [-0.25, -0.2) is 18.8 Å².